The number of benzene rings is 1. The zero-order chi connectivity index (χ0) is 9.97. The van der Waals surface area contributed by atoms with Crippen molar-refractivity contribution in [3.05, 3.63) is 23.2 Å². The van der Waals surface area contributed by atoms with Gasteiger partial charge in [0.15, 0.2) is 0 Å². The summed E-state index contributed by atoms with van der Waals surface area (Å²) >= 11 is 5.94. The van der Waals surface area contributed by atoms with Gasteiger partial charge in [0.05, 0.1) is 24.8 Å². The molecule has 0 bridgehead atoms. The molecular weight excluding hydrogens is 202 g/mol. The first-order valence-electron chi connectivity index (χ1n) is 4.51. The summed E-state index contributed by atoms with van der Waals surface area (Å²) in [6, 6.07) is 5.25. The van der Waals surface area contributed by atoms with Crippen molar-refractivity contribution >= 4 is 17.3 Å². The minimum absolute atomic E-state index is 0.503. The van der Waals surface area contributed by atoms with E-state index >= 15 is 0 Å². The Kier molecular flexibility index (Phi) is 2.79. The van der Waals surface area contributed by atoms with Gasteiger partial charge in [-0.2, -0.15) is 0 Å². The van der Waals surface area contributed by atoms with E-state index in [9.17, 15) is 0 Å². The standard InChI is InChI=1S/C10H12ClNO2/c11-9-3-8(12)1-2-10(9)14-6-7-4-13-5-7/h1-3,7H,4-6,12H2. The molecule has 1 heterocycles. The number of ether oxygens (including phenoxy) is 2. The Morgan fingerprint density at radius 2 is 2.29 bits per heavy atom. The molecule has 1 aromatic rings. The molecule has 0 atom stereocenters. The maximum atomic E-state index is 5.94. The van der Waals surface area contributed by atoms with E-state index in [4.69, 9.17) is 26.8 Å². The van der Waals surface area contributed by atoms with Crippen LogP contribution in [0, 0.1) is 5.92 Å². The zero-order valence-corrected chi connectivity index (χ0v) is 8.46. The summed E-state index contributed by atoms with van der Waals surface area (Å²) in [5.74, 6) is 1.19. The minimum atomic E-state index is 0.503. The Bertz CT molecular complexity index is 326. The van der Waals surface area contributed by atoms with E-state index in [-0.39, 0.29) is 0 Å². The van der Waals surface area contributed by atoms with E-state index in [1.165, 1.54) is 0 Å². The Balaban J connectivity index is 1.94. The highest BCUT2D eigenvalue weighted by atomic mass is 35.5. The first kappa shape index (κ1) is 9.62. The molecule has 0 unspecified atom stereocenters. The molecule has 0 saturated carbocycles. The van der Waals surface area contributed by atoms with E-state index in [1.54, 1.807) is 18.2 Å². The summed E-state index contributed by atoms with van der Waals surface area (Å²) in [6.07, 6.45) is 0. The van der Waals surface area contributed by atoms with Crippen molar-refractivity contribution < 1.29 is 9.47 Å². The fraction of sp³-hybridized carbons (Fsp3) is 0.400. The lowest BCUT2D eigenvalue weighted by atomic mass is 10.1. The molecule has 3 nitrogen and oxygen atoms in total. The molecule has 0 radical (unpaired) electrons. The van der Waals surface area contributed by atoms with Gasteiger partial charge >= 0.3 is 0 Å². The number of hydrogen-bond acceptors (Lipinski definition) is 3. The van der Waals surface area contributed by atoms with Gasteiger partial charge in [-0.05, 0) is 18.2 Å². The Labute approximate surface area is 87.8 Å². The molecule has 2 N–H and O–H groups in total. The maximum absolute atomic E-state index is 5.94. The first-order valence-corrected chi connectivity index (χ1v) is 4.89. The number of rotatable bonds is 3. The lowest BCUT2D eigenvalue weighted by Crippen LogP contribution is -2.32. The van der Waals surface area contributed by atoms with E-state index in [1.807, 2.05) is 0 Å². The van der Waals surface area contributed by atoms with Gasteiger partial charge < -0.3 is 15.2 Å². The van der Waals surface area contributed by atoms with Gasteiger partial charge in [0.2, 0.25) is 0 Å². The van der Waals surface area contributed by atoms with Crippen LogP contribution in [0.25, 0.3) is 0 Å². The molecule has 0 aromatic heterocycles. The molecule has 76 valence electrons. The first-order chi connectivity index (χ1) is 6.75. The second kappa shape index (κ2) is 4.07. The highest BCUT2D eigenvalue weighted by Crippen LogP contribution is 2.27. The lowest BCUT2D eigenvalue weighted by Gasteiger charge is -2.25. The van der Waals surface area contributed by atoms with Crippen LogP contribution >= 0.6 is 11.6 Å². The van der Waals surface area contributed by atoms with Crippen LogP contribution in [0.1, 0.15) is 0 Å². The Hall–Kier alpha value is -0.930. The van der Waals surface area contributed by atoms with Crippen molar-refractivity contribution in [3.63, 3.8) is 0 Å². The van der Waals surface area contributed by atoms with E-state index < -0.39 is 0 Å². The van der Waals surface area contributed by atoms with E-state index in [2.05, 4.69) is 0 Å². The van der Waals surface area contributed by atoms with Gasteiger partial charge in [0, 0.05) is 11.6 Å². The largest absolute Gasteiger partial charge is 0.492 e. The van der Waals surface area contributed by atoms with Gasteiger partial charge in [-0.25, -0.2) is 0 Å². The topological polar surface area (TPSA) is 44.5 Å². The molecule has 0 amide bonds. The molecule has 4 heteroatoms. The summed E-state index contributed by atoms with van der Waals surface area (Å²) in [6.45, 7) is 2.23. The second-order valence-corrected chi connectivity index (χ2v) is 3.81. The Morgan fingerprint density at radius 1 is 1.50 bits per heavy atom. The smallest absolute Gasteiger partial charge is 0.138 e. The third-order valence-electron chi connectivity index (χ3n) is 2.14. The van der Waals surface area contributed by atoms with Gasteiger partial charge in [0.1, 0.15) is 5.75 Å². The molecule has 0 aliphatic carbocycles. The van der Waals surface area contributed by atoms with Crippen molar-refractivity contribution in [2.24, 2.45) is 5.92 Å². The molecule has 1 fully saturated rings. The van der Waals surface area contributed by atoms with Crippen LogP contribution in [0.3, 0.4) is 0 Å². The number of nitrogens with two attached hydrogens (primary N) is 1. The van der Waals surface area contributed by atoms with Crippen molar-refractivity contribution in [1.29, 1.82) is 0 Å². The zero-order valence-electron chi connectivity index (χ0n) is 7.70. The fourth-order valence-electron chi connectivity index (χ4n) is 1.22. The Morgan fingerprint density at radius 3 is 2.86 bits per heavy atom. The number of anilines is 1. The lowest BCUT2D eigenvalue weighted by molar-refractivity contribution is -0.0508. The minimum Gasteiger partial charge on any atom is -0.492 e. The average molecular weight is 214 g/mol. The van der Waals surface area contributed by atoms with Gasteiger partial charge in [-0.1, -0.05) is 11.6 Å². The highest BCUT2D eigenvalue weighted by molar-refractivity contribution is 6.32. The second-order valence-electron chi connectivity index (χ2n) is 3.40. The van der Waals surface area contributed by atoms with Crippen molar-refractivity contribution in [1.82, 2.24) is 0 Å². The molecule has 1 aliphatic rings. The van der Waals surface area contributed by atoms with Crippen LogP contribution in [0.2, 0.25) is 5.02 Å². The van der Waals surface area contributed by atoms with Crippen LogP contribution in [-0.2, 0) is 4.74 Å². The molecule has 1 saturated heterocycles. The molecular formula is C10H12ClNO2. The summed E-state index contributed by atoms with van der Waals surface area (Å²) in [5, 5.41) is 0.560. The average Bonchev–Trinajstić information content (AvgIpc) is 2.05. The number of hydrogen-bond donors (Lipinski definition) is 1. The number of nitrogen functional groups attached to an aromatic ring is 1. The van der Waals surface area contributed by atoms with E-state index in [0.29, 0.717) is 29.0 Å². The van der Waals surface area contributed by atoms with Crippen LogP contribution < -0.4 is 10.5 Å². The molecule has 0 spiro atoms. The summed E-state index contributed by atoms with van der Waals surface area (Å²) < 4.78 is 10.6. The predicted octanol–water partition coefficient (Wildman–Crippen LogP) is 1.95. The van der Waals surface area contributed by atoms with Crippen molar-refractivity contribution in [2.75, 3.05) is 25.6 Å². The van der Waals surface area contributed by atoms with Crippen LogP contribution in [0.5, 0.6) is 5.75 Å². The third kappa shape index (κ3) is 2.11. The van der Waals surface area contributed by atoms with Crippen molar-refractivity contribution in [3.8, 4) is 5.75 Å². The predicted molar refractivity (Wildman–Crippen MR) is 55.7 cm³/mol. The van der Waals surface area contributed by atoms with E-state index in [0.717, 1.165) is 13.2 Å². The maximum Gasteiger partial charge on any atom is 0.138 e. The summed E-state index contributed by atoms with van der Waals surface area (Å²) in [4.78, 5) is 0. The SMILES string of the molecule is Nc1ccc(OCC2COC2)c(Cl)c1. The third-order valence-corrected chi connectivity index (χ3v) is 2.43. The molecule has 14 heavy (non-hydrogen) atoms. The van der Waals surface area contributed by atoms with Crippen LogP contribution in [0.4, 0.5) is 5.69 Å². The quantitative estimate of drug-likeness (QED) is 0.781. The van der Waals surface area contributed by atoms with Gasteiger partial charge in [-0.3, -0.25) is 0 Å². The molecule has 1 aliphatic heterocycles. The fourth-order valence-corrected chi connectivity index (χ4v) is 1.47. The molecule has 2 rings (SSSR count). The summed E-state index contributed by atoms with van der Waals surface area (Å²) in [5.41, 5.74) is 6.21. The van der Waals surface area contributed by atoms with Gasteiger partial charge in [0.25, 0.3) is 0 Å². The summed E-state index contributed by atoms with van der Waals surface area (Å²) in [7, 11) is 0. The van der Waals surface area contributed by atoms with Crippen LogP contribution in [0.15, 0.2) is 18.2 Å². The molecule has 1 aromatic carbocycles. The van der Waals surface area contributed by atoms with Crippen LogP contribution in [-0.4, -0.2) is 19.8 Å². The number of halogens is 1. The normalized spacial score (nSPS) is 16.4. The highest BCUT2D eigenvalue weighted by Gasteiger charge is 2.19. The monoisotopic (exact) mass is 213 g/mol. The van der Waals surface area contributed by atoms with Crippen molar-refractivity contribution in [2.45, 2.75) is 0 Å². The van der Waals surface area contributed by atoms with Gasteiger partial charge in [-0.15, -0.1) is 0 Å².